The zero-order valence-electron chi connectivity index (χ0n) is 14.8. The van der Waals surface area contributed by atoms with E-state index in [-0.39, 0.29) is 24.0 Å². The first kappa shape index (κ1) is 19.9. The fourth-order valence-electron chi connectivity index (χ4n) is 2.43. The van der Waals surface area contributed by atoms with Crippen molar-refractivity contribution in [2.75, 3.05) is 5.32 Å². The Morgan fingerprint density at radius 3 is 2.77 bits per heavy atom. The van der Waals surface area contributed by atoms with E-state index in [1.807, 2.05) is 36.5 Å². The van der Waals surface area contributed by atoms with E-state index >= 15 is 0 Å². The molecule has 0 spiro atoms. The molecule has 6 nitrogen and oxygen atoms in total. The maximum Gasteiger partial charge on any atom is 0.193 e. The minimum Gasteiger partial charge on any atom is -0.370 e. The molecule has 0 fully saturated rings. The second-order valence-electron chi connectivity index (χ2n) is 6.08. The molecule has 2 aromatic heterocycles. The van der Waals surface area contributed by atoms with Crippen molar-refractivity contribution >= 4 is 35.6 Å². The number of aromatic nitrogens is 3. The quantitative estimate of drug-likeness (QED) is 0.342. The topological polar surface area (TPSA) is 81.1 Å². The number of halogens is 1. The highest BCUT2D eigenvalue weighted by Crippen LogP contribution is 2.18. The van der Waals surface area contributed by atoms with E-state index in [1.165, 1.54) is 5.56 Å². The molecule has 0 amide bonds. The minimum atomic E-state index is 0. The first-order chi connectivity index (χ1) is 12.1. The van der Waals surface area contributed by atoms with E-state index < -0.39 is 0 Å². The Morgan fingerprint density at radius 2 is 2.04 bits per heavy atom. The van der Waals surface area contributed by atoms with Crippen molar-refractivity contribution in [3.8, 4) is 5.82 Å². The largest absolute Gasteiger partial charge is 0.370 e. The number of pyridine rings is 1. The average Bonchev–Trinajstić information content (AvgIpc) is 3.15. The first-order valence-electron chi connectivity index (χ1n) is 8.23. The third kappa shape index (κ3) is 5.29. The lowest BCUT2D eigenvalue weighted by Crippen LogP contribution is -2.22. The Labute approximate surface area is 170 Å². The molecule has 0 unspecified atom stereocenters. The molecule has 3 aromatic rings. The van der Waals surface area contributed by atoms with Crippen LogP contribution >= 0.6 is 24.0 Å². The molecule has 0 bridgehead atoms. The van der Waals surface area contributed by atoms with Crippen LogP contribution in [-0.2, 0) is 6.54 Å². The van der Waals surface area contributed by atoms with Crippen LogP contribution in [0.1, 0.15) is 30.9 Å². The zero-order valence-corrected chi connectivity index (χ0v) is 17.2. The van der Waals surface area contributed by atoms with Crippen molar-refractivity contribution < 1.29 is 0 Å². The second-order valence-corrected chi connectivity index (χ2v) is 6.08. The van der Waals surface area contributed by atoms with Crippen LogP contribution in [0, 0.1) is 0 Å². The van der Waals surface area contributed by atoms with Crippen LogP contribution < -0.4 is 11.1 Å². The zero-order chi connectivity index (χ0) is 17.6. The van der Waals surface area contributed by atoms with Gasteiger partial charge in [0, 0.05) is 24.3 Å². The monoisotopic (exact) mass is 462 g/mol. The summed E-state index contributed by atoms with van der Waals surface area (Å²) in [6.45, 7) is 4.80. The van der Waals surface area contributed by atoms with Gasteiger partial charge >= 0.3 is 0 Å². The van der Waals surface area contributed by atoms with Gasteiger partial charge in [0.15, 0.2) is 11.8 Å². The molecule has 26 heavy (non-hydrogen) atoms. The molecule has 0 saturated carbocycles. The summed E-state index contributed by atoms with van der Waals surface area (Å²) >= 11 is 0. The molecule has 3 N–H and O–H groups in total. The molecule has 0 aliphatic heterocycles. The summed E-state index contributed by atoms with van der Waals surface area (Å²) in [6.07, 6.45) is 5.32. The summed E-state index contributed by atoms with van der Waals surface area (Å²) in [6, 6.07) is 13.9. The van der Waals surface area contributed by atoms with Crippen molar-refractivity contribution in [2.24, 2.45) is 10.7 Å². The lowest BCUT2D eigenvalue weighted by atomic mass is 10.0. The van der Waals surface area contributed by atoms with Crippen LogP contribution in [0.5, 0.6) is 0 Å². The van der Waals surface area contributed by atoms with Gasteiger partial charge in [-0.3, -0.25) is 0 Å². The summed E-state index contributed by atoms with van der Waals surface area (Å²) in [4.78, 5) is 8.72. The fraction of sp³-hybridized carbons (Fsp3) is 0.211. The minimum absolute atomic E-state index is 0. The van der Waals surface area contributed by atoms with Gasteiger partial charge < -0.3 is 11.1 Å². The van der Waals surface area contributed by atoms with Gasteiger partial charge in [0.05, 0.1) is 6.54 Å². The number of anilines is 1. The molecule has 0 radical (unpaired) electrons. The number of aliphatic imine (C=N–C) groups is 1. The van der Waals surface area contributed by atoms with Crippen LogP contribution in [-0.4, -0.2) is 20.7 Å². The van der Waals surface area contributed by atoms with Gasteiger partial charge in [0.2, 0.25) is 0 Å². The smallest absolute Gasteiger partial charge is 0.193 e. The summed E-state index contributed by atoms with van der Waals surface area (Å²) < 4.78 is 1.71. The van der Waals surface area contributed by atoms with Crippen molar-refractivity contribution in [2.45, 2.75) is 26.3 Å². The van der Waals surface area contributed by atoms with Crippen molar-refractivity contribution in [1.82, 2.24) is 14.8 Å². The second kappa shape index (κ2) is 9.33. The number of nitrogens with two attached hydrogens (primary N) is 1. The standard InChI is InChI=1S/C19H22N6.HI/c1-14(2)16-5-3-6-17(12-16)24-19(20)22-13-15-7-9-21-18(11-15)25-10-4-8-23-25;/h3-12,14H,13H2,1-2H3,(H3,20,22,24);1H. The average molecular weight is 462 g/mol. The third-order valence-corrected chi connectivity index (χ3v) is 3.81. The number of nitrogens with zero attached hydrogens (tertiary/aromatic N) is 4. The van der Waals surface area contributed by atoms with Gasteiger partial charge in [-0.05, 0) is 47.4 Å². The highest BCUT2D eigenvalue weighted by Gasteiger charge is 2.02. The number of hydrogen-bond donors (Lipinski definition) is 2. The van der Waals surface area contributed by atoms with Gasteiger partial charge in [-0.2, -0.15) is 5.10 Å². The number of rotatable bonds is 5. The van der Waals surface area contributed by atoms with Gasteiger partial charge in [-0.25, -0.2) is 14.7 Å². The van der Waals surface area contributed by atoms with Gasteiger partial charge in [-0.15, -0.1) is 24.0 Å². The van der Waals surface area contributed by atoms with Crippen molar-refractivity contribution in [1.29, 1.82) is 0 Å². The summed E-state index contributed by atoms with van der Waals surface area (Å²) in [5.74, 6) is 1.62. The molecule has 0 saturated heterocycles. The molecule has 136 valence electrons. The van der Waals surface area contributed by atoms with Crippen LogP contribution in [0.4, 0.5) is 5.69 Å². The summed E-state index contributed by atoms with van der Waals surface area (Å²) in [5, 5.41) is 7.33. The van der Waals surface area contributed by atoms with Gasteiger partial charge in [0.25, 0.3) is 0 Å². The Bertz CT molecular complexity index is 858. The Morgan fingerprint density at radius 1 is 1.19 bits per heavy atom. The predicted octanol–water partition coefficient (Wildman–Crippen LogP) is 3.94. The van der Waals surface area contributed by atoms with Crippen LogP contribution in [0.3, 0.4) is 0 Å². The highest BCUT2D eigenvalue weighted by atomic mass is 127. The van der Waals surface area contributed by atoms with Crippen LogP contribution in [0.15, 0.2) is 66.0 Å². The SMILES string of the molecule is CC(C)c1cccc(NC(N)=NCc2ccnc(-n3cccn3)c2)c1.I. The third-order valence-electron chi connectivity index (χ3n) is 3.81. The van der Waals surface area contributed by atoms with Gasteiger partial charge in [-0.1, -0.05) is 26.0 Å². The van der Waals surface area contributed by atoms with Gasteiger partial charge in [0.1, 0.15) is 0 Å². The molecule has 1 aromatic carbocycles. The molecule has 0 aliphatic carbocycles. The summed E-state index contributed by atoms with van der Waals surface area (Å²) in [7, 11) is 0. The van der Waals surface area contributed by atoms with Crippen LogP contribution in [0.25, 0.3) is 5.82 Å². The maximum absolute atomic E-state index is 6.02. The molecular weight excluding hydrogens is 439 g/mol. The van der Waals surface area contributed by atoms with E-state index in [4.69, 9.17) is 5.73 Å². The number of nitrogens with one attached hydrogen (secondary N) is 1. The maximum atomic E-state index is 6.02. The van der Waals surface area contributed by atoms with E-state index in [9.17, 15) is 0 Å². The molecule has 2 heterocycles. The number of benzene rings is 1. The molecule has 0 atom stereocenters. The fourth-order valence-corrected chi connectivity index (χ4v) is 2.43. The van der Waals surface area contributed by atoms with E-state index in [1.54, 1.807) is 17.1 Å². The highest BCUT2D eigenvalue weighted by molar-refractivity contribution is 14.0. The predicted molar refractivity (Wildman–Crippen MR) is 116 cm³/mol. The van der Waals surface area contributed by atoms with Crippen molar-refractivity contribution in [3.05, 3.63) is 72.2 Å². The molecule has 3 rings (SSSR count). The lowest BCUT2D eigenvalue weighted by molar-refractivity contribution is 0.841. The first-order valence-corrected chi connectivity index (χ1v) is 8.23. The molecule has 0 aliphatic rings. The number of hydrogen-bond acceptors (Lipinski definition) is 3. The lowest BCUT2D eigenvalue weighted by Gasteiger charge is -2.10. The normalized spacial score (nSPS) is 11.3. The Balaban J connectivity index is 0.00000243. The molecule has 7 heteroatoms. The molecular formula is C19H23IN6. The van der Waals surface area contributed by atoms with E-state index in [0.717, 1.165) is 17.1 Å². The summed E-state index contributed by atoms with van der Waals surface area (Å²) in [5.41, 5.74) is 9.24. The Hall–Kier alpha value is -2.42. The van der Waals surface area contributed by atoms with E-state index in [2.05, 4.69) is 46.4 Å². The van der Waals surface area contributed by atoms with E-state index in [0.29, 0.717) is 18.4 Å². The Kier molecular flexibility index (Phi) is 7.14. The number of guanidine groups is 1. The van der Waals surface area contributed by atoms with Crippen LogP contribution in [0.2, 0.25) is 0 Å². The van der Waals surface area contributed by atoms with Crippen molar-refractivity contribution in [3.63, 3.8) is 0 Å².